The third kappa shape index (κ3) is 3.71. The summed E-state index contributed by atoms with van der Waals surface area (Å²) in [4.78, 5) is 16.0. The van der Waals surface area contributed by atoms with Crippen LogP contribution in [0.15, 0.2) is 23.4 Å². The van der Waals surface area contributed by atoms with E-state index in [0.717, 1.165) is 36.5 Å². The van der Waals surface area contributed by atoms with Gasteiger partial charge in [0.2, 0.25) is 0 Å². The second kappa shape index (κ2) is 7.47. The molecule has 21 heavy (non-hydrogen) atoms. The molecule has 1 saturated carbocycles. The van der Waals surface area contributed by atoms with Crippen LogP contribution in [0.1, 0.15) is 32.6 Å². The van der Waals surface area contributed by atoms with Crippen LogP contribution in [0.5, 0.6) is 0 Å². The highest BCUT2D eigenvalue weighted by Gasteiger charge is 2.48. The number of nitrogens with zero attached hydrogens (tertiary/aromatic N) is 1. The largest absolute Gasteiger partial charge is 0.480 e. The van der Waals surface area contributed by atoms with Gasteiger partial charge in [0.1, 0.15) is 10.6 Å². The van der Waals surface area contributed by atoms with E-state index in [0.29, 0.717) is 11.6 Å². The first-order valence-electron chi connectivity index (χ1n) is 7.32. The summed E-state index contributed by atoms with van der Waals surface area (Å²) >= 11 is 7.69. The Morgan fingerprint density at radius 1 is 1.67 bits per heavy atom. The van der Waals surface area contributed by atoms with Gasteiger partial charge in [0.25, 0.3) is 0 Å². The number of halogens is 1. The van der Waals surface area contributed by atoms with Gasteiger partial charge in [-0.05, 0) is 49.6 Å². The van der Waals surface area contributed by atoms with Gasteiger partial charge < -0.3 is 10.4 Å². The minimum atomic E-state index is -0.747. The summed E-state index contributed by atoms with van der Waals surface area (Å²) in [5.74, 6) is 0.291. The molecule has 1 aliphatic rings. The van der Waals surface area contributed by atoms with E-state index in [9.17, 15) is 9.90 Å². The summed E-state index contributed by atoms with van der Waals surface area (Å²) in [6.45, 7) is 2.64. The highest BCUT2D eigenvalue weighted by atomic mass is 35.5. The summed E-state index contributed by atoms with van der Waals surface area (Å²) in [5, 5.41) is 14.3. The van der Waals surface area contributed by atoms with Gasteiger partial charge in [-0.15, -0.1) is 11.8 Å². The lowest BCUT2D eigenvalue weighted by Gasteiger charge is -2.32. The third-order valence-corrected chi connectivity index (χ3v) is 5.58. The normalized spacial score (nSPS) is 25.1. The predicted molar refractivity (Wildman–Crippen MR) is 86.0 cm³/mol. The molecule has 0 radical (unpaired) electrons. The van der Waals surface area contributed by atoms with Crippen molar-refractivity contribution in [3.63, 3.8) is 0 Å². The van der Waals surface area contributed by atoms with Gasteiger partial charge in [0, 0.05) is 6.20 Å². The molecular formula is C15H21ClN2O2S. The molecule has 116 valence electrons. The average Bonchev–Trinajstić information content (AvgIpc) is 2.86. The maximum absolute atomic E-state index is 11.7. The predicted octanol–water partition coefficient (Wildman–Crippen LogP) is 3.45. The first kappa shape index (κ1) is 16.6. The second-order valence-electron chi connectivity index (χ2n) is 5.32. The second-order valence-corrected chi connectivity index (χ2v) is 6.81. The number of rotatable bonds is 7. The van der Waals surface area contributed by atoms with E-state index in [1.165, 1.54) is 0 Å². The first-order valence-corrected chi connectivity index (χ1v) is 8.68. The molecule has 2 atom stereocenters. The Bertz CT molecular complexity index is 500. The van der Waals surface area contributed by atoms with Crippen LogP contribution in [0.3, 0.4) is 0 Å². The topological polar surface area (TPSA) is 62.2 Å². The Hall–Kier alpha value is -0.780. The van der Waals surface area contributed by atoms with Crippen molar-refractivity contribution in [2.24, 2.45) is 5.92 Å². The van der Waals surface area contributed by atoms with Crippen molar-refractivity contribution in [1.29, 1.82) is 0 Å². The van der Waals surface area contributed by atoms with Crippen LogP contribution in [0.25, 0.3) is 0 Å². The molecule has 1 aromatic rings. The Morgan fingerprint density at radius 3 is 3.14 bits per heavy atom. The molecule has 6 heteroatoms. The van der Waals surface area contributed by atoms with Crippen molar-refractivity contribution in [1.82, 2.24) is 10.3 Å². The Balaban J connectivity index is 1.95. The fourth-order valence-corrected chi connectivity index (χ4v) is 4.37. The maximum Gasteiger partial charge on any atom is 0.324 e. The lowest BCUT2D eigenvalue weighted by Crippen LogP contribution is -2.54. The van der Waals surface area contributed by atoms with E-state index in [2.05, 4.69) is 10.3 Å². The fraction of sp³-hybridized carbons (Fsp3) is 0.600. The average molecular weight is 329 g/mol. The summed E-state index contributed by atoms with van der Waals surface area (Å²) in [7, 11) is 0. The first-order chi connectivity index (χ1) is 10.1. The number of thioether (sulfide) groups is 1. The van der Waals surface area contributed by atoms with Crippen molar-refractivity contribution in [2.75, 3.05) is 12.3 Å². The SMILES string of the molecule is CCNC1(C(=O)O)CCCC1CCSc1ncccc1Cl. The van der Waals surface area contributed by atoms with Crippen LogP contribution in [0.4, 0.5) is 0 Å². The van der Waals surface area contributed by atoms with Crippen LogP contribution in [0.2, 0.25) is 5.02 Å². The number of carboxylic acids is 1. The molecule has 1 aromatic heterocycles. The molecular weight excluding hydrogens is 308 g/mol. The van der Waals surface area contributed by atoms with E-state index in [1.54, 1.807) is 18.0 Å². The zero-order chi connectivity index (χ0) is 15.3. The summed E-state index contributed by atoms with van der Waals surface area (Å²) in [5.41, 5.74) is -0.747. The molecule has 2 rings (SSSR count). The van der Waals surface area contributed by atoms with E-state index in [-0.39, 0.29) is 5.92 Å². The van der Waals surface area contributed by atoms with E-state index in [1.807, 2.05) is 19.1 Å². The molecule has 0 saturated heterocycles. The molecule has 2 unspecified atom stereocenters. The molecule has 1 fully saturated rings. The third-order valence-electron chi connectivity index (χ3n) is 4.12. The van der Waals surface area contributed by atoms with Gasteiger partial charge in [0.05, 0.1) is 5.02 Å². The Labute approximate surface area is 134 Å². The molecule has 0 amide bonds. The lowest BCUT2D eigenvalue weighted by atomic mass is 9.85. The van der Waals surface area contributed by atoms with E-state index < -0.39 is 11.5 Å². The number of aliphatic carboxylic acids is 1. The van der Waals surface area contributed by atoms with Crippen LogP contribution < -0.4 is 5.32 Å². The van der Waals surface area contributed by atoms with Gasteiger partial charge in [-0.2, -0.15) is 0 Å². The highest BCUT2D eigenvalue weighted by molar-refractivity contribution is 7.99. The van der Waals surface area contributed by atoms with Gasteiger partial charge >= 0.3 is 5.97 Å². The number of likely N-dealkylation sites (N-methyl/N-ethyl adjacent to an activating group) is 1. The number of hydrogen-bond acceptors (Lipinski definition) is 4. The number of nitrogens with one attached hydrogen (secondary N) is 1. The standard InChI is InChI=1S/C15H21ClN2O2S/c1-2-18-15(14(19)20)8-3-5-11(15)7-10-21-13-12(16)6-4-9-17-13/h4,6,9,11,18H,2-3,5,7-8,10H2,1H3,(H,19,20). The lowest BCUT2D eigenvalue weighted by molar-refractivity contribution is -0.146. The Morgan fingerprint density at radius 2 is 2.48 bits per heavy atom. The van der Waals surface area contributed by atoms with Crippen LogP contribution >= 0.6 is 23.4 Å². The van der Waals surface area contributed by atoms with Gasteiger partial charge in [-0.25, -0.2) is 4.98 Å². The molecule has 1 aliphatic carbocycles. The van der Waals surface area contributed by atoms with Gasteiger partial charge in [0.15, 0.2) is 0 Å². The molecule has 0 aromatic carbocycles. The van der Waals surface area contributed by atoms with Crippen molar-refractivity contribution in [3.8, 4) is 0 Å². The van der Waals surface area contributed by atoms with Crippen molar-refractivity contribution >= 4 is 29.3 Å². The zero-order valence-corrected chi connectivity index (χ0v) is 13.7. The van der Waals surface area contributed by atoms with Crippen molar-refractivity contribution in [3.05, 3.63) is 23.4 Å². The number of carboxylic acid groups (broad SMARTS) is 1. The summed E-state index contributed by atoms with van der Waals surface area (Å²) in [6, 6.07) is 3.64. The minimum absolute atomic E-state index is 0.171. The zero-order valence-electron chi connectivity index (χ0n) is 12.1. The van der Waals surface area contributed by atoms with E-state index in [4.69, 9.17) is 11.6 Å². The Kier molecular flexibility index (Phi) is 5.90. The maximum atomic E-state index is 11.7. The number of carbonyl (C=O) groups is 1. The summed E-state index contributed by atoms with van der Waals surface area (Å²) in [6.07, 6.45) is 5.24. The van der Waals surface area contributed by atoms with Gasteiger partial charge in [-0.1, -0.05) is 24.9 Å². The van der Waals surface area contributed by atoms with Crippen LogP contribution in [-0.2, 0) is 4.79 Å². The number of hydrogen-bond donors (Lipinski definition) is 2. The summed E-state index contributed by atoms with van der Waals surface area (Å²) < 4.78 is 0. The molecule has 2 N–H and O–H groups in total. The molecule has 1 heterocycles. The quantitative estimate of drug-likeness (QED) is 0.751. The van der Waals surface area contributed by atoms with E-state index >= 15 is 0 Å². The minimum Gasteiger partial charge on any atom is -0.480 e. The fourth-order valence-electron chi connectivity index (χ4n) is 3.15. The number of pyridine rings is 1. The van der Waals surface area contributed by atoms with Crippen molar-refractivity contribution < 1.29 is 9.90 Å². The number of aromatic nitrogens is 1. The van der Waals surface area contributed by atoms with Crippen LogP contribution in [-0.4, -0.2) is 33.9 Å². The van der Waals surface area contributed by atoms with Gasteiger partial charge in [-0.3, -0.25) is 4.79 Å². The smallest absolute Gasteiger partial charge is 0.324 e. The van der Waals surface area contributed by atoms with Crippen molar-refractivity contribution in [2.45, 2.75) is 43.2 Å². The monoisotopic (exact) mass is 328 g/mol. The highest BCUT2D eigenvalue weighted by Crippen LogP contribution is 2.39. The molecule has 0 spiro atoms. The molecule has 4 nitrogen and oxygen atoms in total. The molecule has 0 bridgehead atoms. The molecule has 0 aliphatic heterocycles. The van der Waals surface area contributed by atoms with Crippen LogP contribution in [0, 0.1) is 5.92 Å².